The quantitative estimate of drug-likeness (QED) is 0.716. The molecule has 0 aromatic heterocycles. The standard InChI is InChI=1S/C16H21NO3/c1-2-20-16(19)12-17(14-9-10-14)15(18)11-8-13-6-4-3-5-7-13/h3-7,14H,2,8-12H2,1H3. The highest BCUT2D eigenvalue weighted by Crippen LogP contribution is 2.27. The molecule has 1 aromatic carbocycles. The van der Waals surface area contributed by atoms with Gasteiger partial charge in [-0.25, -0.2) is 0 Å². The first-order chi connectivity index (χ1) is 9.70. The van der Waals surface area contributed by atoms with Gasteiger partial charge in [-0.3, -0.25) is 9.59 Å². The summed E-state index contributed by atoms with van der Waals surface area (Å²) >= 11 is 0. The third-order valence-electron chi connectivity index (χ3n) is 3.38. The van der Waals surface area contributed by atoms with Crippen LogP contribution in [0, 0.1) is 0 Å². The van der Waals surface area contributed by atoms with Gasteiger partial charge in [0.1, 0.15) is 6.54 Å². The monoisotopic (exact) mass is 275 g/mol. The Hall–Kier alpha value is -1.84. The van der Waals surface area contributed by atoms with E-state index < -0.39 is 0 Å². The van der Waals surface area contributed by atoms with Crippen LogP contribution in [-0.2, 0) is 20.7 Å². The van der Waals surface area contributed by atoms with Crippen LogP contribution >= 0.6 is 0 Å². The molecule has 0 heterocycles. The Morgan fingerprint density at radius 1 is 1.25 bits per heavy atom. The van der Waals surface area contributed by atoms with Crippen molar-refractivity contribution in [2.75, 3.05) is 13.2 Å². The van der Waals surface area contributed by atoms with E-state index >= 15 is 0 Å². The average molecular weight is 275 g/mol. The van der Waals surface area contributed by atoms with Crippen molar-refractivity contribution >= 4 is 11.9 Å². The Morgan fingerprint density at radius 2 is 1.95 bits per heavy atom. The lowest BCUT2D eigenvalue weighted by molar-refractivity contribution is -0.149. The molecule has 0 spiro atoms. The minimum absolute atomic E-state index is 0.0457. The van der Waals surface area contributed by atoms with Gasteiger partial charge < -0.3 is 9.64 Å². The zero-order valence-corrected chi connectivity index (χ0v) is 11.9. The van der Waals surface area contributed by atoms with Gasteiger partial charge in [0, 0.05) is 12.5 Å². The number of carbonyl (C=O) groups excluding carboxylic acids is 2. The highest BCUT2D eigenvalue weighted by molar-refractivity contribution is 5.82. The highest BCUT2D eigenvalue weighted by Gasteiger charge is 2.33. The number of hydrogen-bond donors (Lipinski definition) is 0. The molecule has 4 heteroatoms. The first-order valence-electron chi connectivity index (χ1n) is 7.19. The number of amides is 1. The van der Waals surface area contributed by atoms with E-state index in [1.54, 1.807) is 11.8 Å². The molecule has 108 valence electrons. The second-order valence-corrected chi connectivity index (χ2v) is 5.04. The molecule has 1 aliphatic carbocycles. The van der Waals surface area contributed by atoms with Gasteiger partial charge in [0.05, 0.1) is 6.61 Å². The van der Waals surface area contributed by atoms with Gasteiger partial charge in [-0.1, -0.05) is 30.3 Å². The van der Waals surface area contributed by atoms with Crippen molar-refractivity contribution in [1.29, 1.82) is 0 Å². The summed E-state index contributed by atoms with van der Waals surface area (Å²) in [6.45, 7) is 2.22. The largest absolute Gasteiger partial charge is 0.465 e. The number of esters is 1. The van der Waals surface area contributed by atoms with Crippen molar-refractivity contribution in [3.8, 4) is 0 Å². The second-order valence-electron chi connectivity index (χ2n) is 5.04. The van der Waals surface area contributed by atoms with Crippen molar-refractivity contribution in [2.24, 2.45) is 0 Å². The Labute approximate surface area is 119 Å². The summed E-state index contributed by atoms with van der Waals surface area (Å²) in [6, 6.07) is 10.2. The van der Waals surface area contributed by atoms with E-state index in [0.717, 1.165) is 18.4 Å². The van der Waals surface area contributed by atoms with E-state index in [4.69, 9.17) is 4.74 Å². The molecule has 1 amide bonds. The van der Waals surface area contributed by atoms with Gasteiger partial charge in [-0.2, -0.15) is 0 Å². The summed E-state index contributed by atoms with van der Waals surface area (Å²) in [4.78, 5) is 25.5. The van der Waals surface area contributed by atoms with E-state index in [1.165, 1.54) is 0 Å². The molecule has 4 nitrogen and oxygen atoms in total. The average Bonchev–Trinajstić information content (AvgIpc) is 3.28. The first-order valence-corrected chi connectivity index (χ1v) is 7.19. The van der Waals surface area contributed by atoms with Gasteiger partial charge >= 0.3 is 5.97 Å². The van der Waals surface area contributed by atoms with Crippen LogP contribution < -0.4 is 0 Å². The maximum atomic E-state index is 12.3. The van der Waals surface area contributed by atoms with Crippen LogP contribution in [0.15, 0.2) is 30.3 Å². The van der Waals surface area contributed by atoms with Crippen LogP contribution in [-0.4, -0.2) is 36.0 Å². The van der Waals surface area contributed by atoms with Gasteiger partial charge in [-0.15, -0.1) is 0 Å². The summed E-state index contributed by atoms with van der Waals surface area (Å²) in [7, 11) is 0. The number of nitrogens with zero attached hydrogens (tertiary/aromatic N) is 1. The summed E-state index contributed by atoms with van der Waals surface area (Å²) in [5.41, 5.74) is 1.15. The number of rotatable bonds is 7. The zero-order valence-electron chi connectivity index (χ0n) is 11.9. The van der Waals surface area contributed by atoms with Gasteiger partial charge in [0.2, 0.25) is 5.91 Å². The molecule has 0 radical (unpaired) electrons. The first kappa shape index (κ1) is 14.6. The maximum absolute atomic E-state index is 12.3. The molecule has 1 aliphatic rings. The number of aryl methyl sites for hydroxylation is 1. The summed E-state index contributed by atoms with van der Waals surface area (Å²) in [6.07, 6.45) is 3.15. The molecule has 0 atom stereocenters. The lowest BCUT2D eigenvalue weighted by Crippen LogP contribution is -2.38. The van der Waals surface area contributed by atoms with E-state index in [1.807, 2.05) is 30.3 Å². The Balaban J connectivity index is 1.85. The predicted molar refractivity (Wildman–Crippen MR) is 76.1 cm³/mol. The summed E-state index contributed by atoms with van der Waals surface area (Å²) in [5, 5.41) is 0. The lowest BCUT2D eigenvalue weighted by atomic mass is 10.1. The molecular formula is C16H21NO3. The van der Waals surface area contributed by atoms with Crippen LogP contribution in [0.3, 0.4) is 0 Å². The molecule has 0 saturated heterocycles. The smallest absolute Gasteiger partial charge is 0.325 e. The topological polar surface area (TPSA) is 46.6 Å². The molecule has 20 heavy (non-hydrogen) atoms. The normalized spacial score (nSPS) is 13.8. The zero-order chi connectivity index (χ0) is 14.4. The highest BCUT2D eigenvalue weighted by atomic mass is 16.5. The van der Waals surface area contributed by atoms with Crippen LogP contribution in [0.2, 0.25) is 0 Å². The summed E-state index contributed by atoms with van der Waals surface area (Å²) < 4.78 is 4.93. The van der Waals surface area contributed by atoms with Crippen molar-refractivity contribution < 1.29 is 14.3 Å². The third-order valence-corrected chi connectivity index (χ3v) is 3.38. The minimum atomic E-state index is -0.313. The number of benzene rings is 1. The van der Waals surface area contributed by atoms with E-state index in [2.05, 4.69) is 0 Å². The van der Waals surface area contributed by atoms with E-state index in [0.29, 0.717) is 19.4 Å². The predicted octanol–water partition coefficient (Wildman–Crippen LogP) is 2.17. The van der Waals surface area contributed by atoms with Gasteiger partial charge in [0.15, 0.2) is 0 Å². The van der Waals surface area contributed by atoms with Crippen molar-refractivity contribution in [3.05, 3.63) is 35.9 Å². The molecular weight excluding hydrogens is 254 g/mol. The molecule has 0 aliphatic heterocycles. The second kappa shape index (κ2) is 7.08. The lowest BCUT2D eigenvalue weighted by Gasteiger charge is -2.21. The number of carbonyl (C=O) groups is 2. The SMILES string of the molecule is CCOC(=O)CN(C(=O)CCc1ccccc1)C1CC1. The molecule has 1 fully saturated rings. The summed E-state index contributed by atoms with van der Waals surface area (Å²) in [5.74, 6) is -0.267. The Morgan fingerprint density at radius 3 is 2.55 bits per heavy atom. The molecule has 1 aromatic rings. The molecule has 1 saturated carbocycles. The van der Waals surface area contributed by atoms with Crippen LogP contribution in [0.25, 0.3) is 0 Å². The number of ether oxygens (including phenoxy) is 1. The van der Waals surface area contributed by atoms with Crippen molar-refractivity contribution in [2.45, 2.75) is 38.6 Å². The minimum Gasteiger partial charge on any atom is -0.465 e. The van der Waals surface area contributed by atoms with E-state index in [9.17, 15) is 9.59 Å². The molecule has 0 unspecified atom stereocenters. The van der Waals surface area contributed by atoms with Crippen LogP contribution in [0.5, 0.6) is 0 Å². The van der Waals surface area contributed by atoms with Crippen molar-refractivity contribution in [1.82, 2.24) is 4.90 Å². The Kier molecular flexibility index (Phi) is 5.16. The fourth-order valence-corrected chi connectivity index (χ4v) is 2.19. The van der Waals surface area contributed by atoms with Gasteiger partial charge in [0.25, 0.3) is 0 Å². The third kappa shape index (κ3) is 4.37. The van der Waals surface area contributed by atoms with E-state index in [-0.39, 0.29) is 24.5 Å². The molecule has 0 N–H and O–H groups in total. The molecule has 2 rings (SSSR count). The Bertz CT molecular complexity index is 454. The fraction of sp³-hybridized carbons (Fsp3) is 0.500. The van der Waals surface area contributed by atoms with Gasteiger partial charge in [-0.05, 0) is 31.7 Å². The van der Waals surface area contributed by atoms with Crippen molar-refractivity contribution in [3.63, 3.8) is 0 Å². The van der Waals surface area contributed by atoms with Crippen LogP contribution in [0.1, 0.15) is 31.7 Å². The number of hydrogen-bond acceptors (Lipinski definition) is 3. The maximum Gasteiger partial charge on any atom is 0.325 e. The van der Waals surface area contributed by atoms with Crippen LogP contribution in [0.4, 0.5) is 0 Å². The fourth-order valence-electron chi connectivity index (χ4n) is 2.19. The molecule has 0 bridgehead atoms.